The van der Waals surface area contributed by atoms with Gasteiger partial charge in [0, 0.05) is 24.3 Å². The number of methoxy groups -OCH3 is 1. The molecular formula is C24H29Cl3N4O6S. The van der Waals surface area contributed by atoms with Gasteiger partial charge in [-0.1, -0.05) is 17.7 Å². The lowest BCUT2D eigenvalue weighted by Crippen LogP contribution is -2.55. The Hall–Kier alpha value is -2.31. The summed E-state index contributed by atoms with van der Waals surface area (Å²) >= 11 is 6.19. The van der Waals surface area contributed by atoms with E-state index >= 15 is 0 Å². The number of rotatable bonds is 9. The van der Waals surface area contributed by atoms with Gasteiger partial charge in [0.05, 0.1) is 18.4 Å². The van der Waals surface area contributed by atoms with Crippen LogP contribution in [-0.4, -0.2) is 61.8 Å². The van der Waals surface area contributed by atoms with Gasteiger partial charge < -0.3 is 20.1 Å². The molecule has 1 saturated heterocycles. The van der Waals surface area contributed by atoms with Crippen LogP contribution in [0.5, 0.6) is 11.6 Å². The van der Waals surface area contributed by atoms with Crippen molar-refractivity contribution in [3.05, 3.63) is 42.1 Å². The van der Waals surface area contributed by atoms with E-state index in [-0.39, 0.29) is 42.0 Å². The molecule has 1 aliphatic heterocycles. The lowest BCUT2D eigenvalue weighted by molar-refractivity contribution is -0.130. The Kier molecular flexibility index (Phi) is 9.09. The minimum atomic E-state index is -3.73. The van der Waals surface area contributed by atoms with E-state index in [0.717, 1.165) is 10.8 Å². The highest BCUT2D eigenvalue weighted by atomic mass is 35.5. The number of carbonyl (C=O) groups is 2. The predicted octanol–water partition coefficient (Wildman–Crippen LogP) is 2.52. The van der Waals surface area contributed by atoms with E-state index in [2.05, 4.69) is 26.9 Å². The Labute approximate surface area is 238 Å². The first-order chi connectivity index (χ1) is 17.1. The van der Waals surface area contributed by atoms with Crippen molar-refractivity contribution in [1.29, 1.82) is 0 Å². The molecule has 14 heteroatoms. The SMILES string of the molecule is C=C[C@@H]1C[C@]1(NC(=O)[C@@H]1C[C@@H](Oc2nc(Cl)cc3cc(OC)ccc23)CN1)C(=O)NS(=O)(=O)C1CC1.Cl.Cl. The lowest BCUT2D eigenvalue weighted by atomic mass is 10.1. The van der Waals surface area contributed by atoms with E-state index in [1.165, 1.54) is 0 Å². The van der Waals surface area contributed by atoms with Crippen LogP contribution in [0.15, 0.2) is 36.9 Å². The zero-order valence-electron chi connectivity index (χ0n) is 20.4. The fourth-order valence-corrected chi connectivity index (χ4v) is 6.12. The highest BCUT2D eigenvalue weighted by Gasteiger charge is 2.61. The van der Waals surface area contributed by atoms with E-state index in [1.807, 2.05) is 12.1 Å². The Bertz CT molecular complexity index is 1360. The van der Waals surface area contributed by atoms with E-state index in [4.69, 9.17) is 21.1 Å². The second-order valence-corrected chi connectivity index (χ2v) is 11.8. The molecule has 0 bridgehead atoms. The van der Waals surface area contributed by atoms with Crippen molar-refractivity contribution >= 4 is 69.0 Å². The van der Waals surface area contributed by atoms with Gasteiger partial charge in [0.1, 0.15) is 22.5 Å². The fraction of sp³-hybridized carbons (Fsp3) is 0.458. The van der Waals surface area contributed by atoms with Crippen LogP contribution < -0.4 is 24.8 Å². The van der Waals surface area contributed by atoms with Gasteiger partial charge >= 0.3 is 0 Å². The third kappa shape index (κ3) is 5.96. The van der Waals surface area contributed by atoms with Gasteiger partial charge in [0.15, 0.2) is 0 Å². The van der Waals surface area contributed by atoms with Crippen LogP contribution >= 0.6 is 36.4 Å². The second kappa shape index (κ2) is 11.4. The first-order valence-electron chi connectivity index (χ1n) is 11.7. The predicted molar refractivity (Wildman–Crippen MR) is 148 cm³/mol. The Morgan fingerprint density at radius 3 is 2.63 bits per heavy atom. The van der Waals surface area contributed by atoms with Crippen molar-refractivity contribution in [2.24, 2.45) is 5.92 Å². The van der Waals surface area contributed by atoms with Gasteiger partial charge in [-0.15, -0.1) is 31.4 Å². The molecule has 2 amide bonds. The number of pyridine rings is 1. The molecule has 208 valence electrons. The summed E-state index contributed by atoms with van der Waals surface area (Å²) in [7, 11) is -2.15. The molecule has 5 rings (SSSR count). The van der Waals surface area contributed by atoms with E-state index in [9.17, 15) is 18.0 Å². The number of aromatic nitrogens is 1. The van der Waals surface area contributed by atoms with Gasteiger partial charge in [-0.3, -0.25) is 14.3 Å². The van der Waals surface area contributed by atoms with Crippen molar-refractivity contribution in [3.8, 4) is 11.6 Å². The van der Waals surface area contributed by atoms with Crippen LogP contribution in [0, 0.1) is 5.92 Å². The highest BCUT2D eigenvalue weighted by Crippen LogP contribution is 2.45. The summed E-state index contributed by atoms with van der Waals surface area (Å²) in [5.74, 6) is -0.441. The average molecular weight is 608 g/mol. The van der Waals surface area contributed by atoms with Crippen molar-refractivity contribution in [1.82, 2.24) is 20.3 Å². The summed E-state index contributed by atoms with van der Waals surface area (Å²) in [5, 5.41) is 7.18. The summed E-state index contributed by atoms with van der Waals surface area (Å²) in [6.45, 7) is 4.09. The number of sulfonamides is 1. The number of amides is 2. The van der Waals surface area contributed by atoms with Crippen LogP contribution in [0.3, 0.4) is 0 Å². The third-order valence-electron chi connectivity index (χ3n) is 6.91. The minimum absolute atomic E-state index is 0. The smallest absolute Gasteiger partial charge is 0.259 e. The average Bonchev–Trinajstić information content (AvgIpc) is 3.76. The van der Waals surface area contributed by atoms with Crippen LogP contribution in [0.1, 0.15) is 25.7 Å². The van der Waals surface area contributed by atoms with Gasteiger partial charge in [-0.05, 0) is 48.9 Å². The van der Waals surface area contributed by atoms with E-state index in [1.54, 1.807) is 25.3 Å². The molecule has 1 aromatic carbocycles. The Morgan fingerprint density at radius 1 is 1.26 bits per heavy atom. The molecule has 1 aromatic heterocycles. The number of ether oxygens (including phenoxy) is 2. The molecule has 2 aromatic rings. The first-order valence-corrected chi connectivity index (χ1v) is 13.6. The summed E-state index contributed by atoms with van der Waals surface area (Å²) in [5.41, 5.74) is -1.31. The van der Waals surface area contributed by atoms with Crippen LogP contribution in [0.4, 0.5) is 0 Å². The van der Waals surface area contributed by atoms with Gasteiger partial charge in [-0.25, -0.2) is 13.4 Å². The van der Waals surface area contributed by atoms with Crippen LogP contribution in [0.25, 0.3) is 10.8 Å². The zero-order valence-corrected chi connectivity index (χ0v) is 23.6. The molecule has 3 N–H and O–H groups in total. The fourth-order valence-electron chi connectivity index (χ4n) is 4.56. The number of benzene rings is 1. The van der Waals surface area contributed by atoms with Gasteiger partial charge in [0.25, 0.3) is 5.91 Å². The van der Waals surface area contributed by atoms with Gasteiger partial charge in [-0.2, -0.15) is 0 Å². The monoisotopic (exact) mass is 606 g/mol. The maximum Gasteiger partial charge on any atom is 0.259 e. The standard InChI is InChI=1S/C24H27ClN4O6S.2ClH/c1-3-14-11-24(14,23(31)29-36(32,33)17-5-6-17)28-21(30)19-10-16(12-26-19)35-22-18-7-4-15(34-2)8-13(18)9-20(25)27-22;;/h3-4,7-9,14,16-17,19,26H,1,5-6,10-12H2,2H3,(H,28,30)(H,29,31);2*1H/t14-,16-,19+,24-;;/m1../s1. The van der Waals surface area contributed by atoms with Crippen molar-refractivity contribution in [3.63, 3.8) is 0 Å². The molecule has 4 atom stereocenters. The summed E-state index contributed by atoms with van der Waals surface area (Å²) in [6.07, 6.45) is 2.88. The molecule has 0 spiro atoms. The molecular weight excluding hydrogens is 579 g/mol. The largest absolute Gasteiger partial charge is 0.497 e. The number of nitrogens with zero attached hydrogens (tertiary/aromatic N) is 1. The van der Waals surface area contributed by atoms with E-state index < -0.39 is 38.7 Å². The Morgan fingerprint density at radius 2 is 2.00 bits per heavy atom. The number of fused-ring (bicyclic) bond motifs is 1. The minimum Gasteiger partial charge on any atom is -0.497 e. The first kappa shape index (κ1) is 30.2. The number of hydrogen-bond acceptors (Lipinski definition) is 8. The quantitative estimate of drug-likeness (QED) is 0.292. The molecule has 0 radical (unpaired) electrons. The molecule has 2 aliphatic carbocycles. The van der Waals surface area contributed by atoms with E-state index in [0.29, 0.717) is 43.9 Å². The van der Waals surface area contributed by atoms with Crippen molar-refractivity contribution in [2.45, 2.75) is 48.6 Å². The zero-order chi connectivity index (χ0) is 25.7. The van der Waals surface area contributed by atoms with Crippen molar-refractivity contribution < 1.29 is 27.5 Å². The number of carbonyl (C=O) groups excluding carboxylic acids is 2. The number of hydrogen-bond donors (Lipinski definition) is 3. The summed E-state index contributed by atoms with van der Waals surface area (Å²) in [4.78, 5) is 30.3. The van der Waals surface area contributed by atoms with Crippen molar-refractivity contribution in [2.75, 3.05) is 13.7 Å². The summed E-state index contributed by atoms with van der Waals surface area (Å²) in [6, 6.07) is 6.55. The molecule has 2 heterocycles. The molecule has 10 nitrogen and oxygen atoms in total. The number of halogens is 3. The molecule has 3 fully saturated rings. The number of nitrogens with one attached hydrogen (secondary N) is 3. The lowest BCUT2D eigenvalue weighted by Gasteiger charge is -2.21. The molecule has 0 unspecified atom stereocenters. The van der Waals surface area contributed by atoms with Gasteiger partial charge in [0.2, 0.25) is 21.8 Å². The third-order valence-corrected chi connectivity index (χ3v) is 8.92. The maximum atomic E-state index is 13.1. The highest BCUT2D eigenvalue weighted by molar-refractivity contribution is 7.91. The maximum absolute atomic E-state index is 13.1. The second-order valence-electron chi connectivity index (χ2n) is 9.46. The topological polar surface area (TPSA) is 136 Å². The molecule has 2 saturated carbocycles. The Balaban J connectivity index is 0.00000200. The van der Waals surface area contributed by atoms with Crippen LogP contribution in [0.2, 0.25) is 5.15 Å². The molecule has 38 heavy (non-hydrogen) atoms. The normalized spacial score (nSPS) is 25.9. The molecule has 3 aliphatic rings. The summed E-state index contributed by atoms with van der Waals surface area (Å²) < 4.78 is 38.0. The van der Waals surface area contributed by atoms with Crippen LogP contribution in [-0.2, 0) is 19.6 Å².